The minimum atomic E-state index is -1.10. The smallest absolute Gasteiger partial charge is 0.165 e. The molecule has 0 saturated carbocycles. The summed E-state index contributed by atoms with van der Waals surface area (Å²) >= 11 is 0. The summed E-state index contributed by atoms with van der Waals surface area (Å²) in [5.74, 6) is 1.63. The number of fused-ring (bicyclic) bond motifs is 1. The summed E-state index contributed by atoms with van der Waals surface area (Å²) in [4.78, 5) is 26.2. The normalized spacial score (nSPS) is 15.6. The van der Waals surface area contributed by atoms with Gasteiger partial charge in [0.25, 0.3) is 0 Å². The third-order valence-corrected chi connectivity index (χ3v) is 7.34. The lowest BCUT2D eigenvalue weighted by Gasteiger charge is -2.15. The van der Waals surface area contributed by atoms with Gasteiger partial charge in [-0.1, -0.05) is 44.2 Å². The summed E-state index contributed by atoms with van der Waals surface area (Å²) in [6, 6.07) is 19.8. The second-order valence-corrected chi connectivity index (χ2v) is 10.2. The number of aryl methyl sites for hydroxylation is 1. The standard InChI is InChI=1S/C27H25N3O2S/c1-16(2)27-29-25(26(30-27)22-9-4-6-17(3)28-22)20-8-5-7-18(14-20)19-10-11-24-21(15-19)23(31)12-13-33(24)32/h4-11,14-16H,12-13H2,1-3H3,(H,29,30). The topological polar surface area (TPSA) is 75.7 Å². The van der Waals surface area contributed by atoms with Gasteiger partial charge in [-0.15, -0.1) is 0 Å². The third-order valence-electron chi connectivity index (χ3n) is 5.92. The van der Waals surface area contributed by atoms with Gasteiger partial charge in [0.05, 0.1) is 27.9 Å². The van der Waals surface area contributed by atoms with Gasteiger partial charge in [-0.2, -0.15) is 0 Å². The van der Waals surface area contributed by atoms with E-state index in [2.05, 4.69) is 24.9 Å². The van der Waals surface area contributed by atoms with Crippen LogP contribution in [-0.4, -0.2) is 30.7 Å². The Bertz CT molecular complexity index is 1400. The Morgan fingerprint density at radius 1 is 0.939 bits per heavy atom. The molecule has 0 amide bonds. The fourth-order valence-corrected chi connectivity index (χ4v) is 5.37. The van der Waals surface area contributed by atoms with Crippen molar-refractivity contribution in [3.63, 3.8) is 0 Å². The number of Topliss-reactive ketones (excluding diaryl/α,β-unsaturated/α-hetero) is 1. The highest BCUT2D eigenvalue weighted by Gasteiger charge is 2.23. The van der Waals surface area contributed by atoms with Gasteiger partial charge in [0.1, 0.15) is 5.82 Å². The predicted octanol–water partition coefficient (Wildman–Crippen LogP) is 5.93. The summed E-state index contributed by atoms with van der Waals surface area (Å²) in [5.41, 5.74) is 7.02. The molecule has 4 aromatic rings. The zero-order chi connectivity index (χ0) is 23.1. The number of carbonyl (C=O) groups is 1. The van der Waals surface area contributed by atoms with Crippen LogP contribution in [0.1, 0.15) is 48.1 Å². The maximum atomic E-state index is 12.4. The number of hydrogen-bond donors (Lipinski definition) is 1. The number of hydrogen-bond acceptors (Lipinski definition) is 4. The number of aromatic nitrogens is 3. The van der Waals surface area contributed by atoms with E-state index in [9.17, 15) is 9.00 Å². The van der Waals surface area contributed by atoms with Crippen molar-refractivity contribution in [1.82, 2.24) is 15.0 Å². The summed E-state index contributed by atoms with van der Waals surface area (Å²) in [6.45, 7) is 6.20. The van der Waals surface area contributed by atoms with Crippen LogP contribution in [0, 0.1) is 6.92 Å². The molecular formula is C27H25N3O2S. The second kappa shape index (κ2) is 8.52. The van der Waals surface area contributed by atoms with Crippen LogP contribution in [0.25, 0.3) is 33.8 Å². The van der Waals surface area contributed by atoms with E-state index < -0.39 is 10.8 Å². The molecule has 1 aliphatic heterocycles. The molecule has 1 aliphatic rings. The lowest BCUT2D eigenvalue weighted by atomic mass is 9.97. The van der Waals surface area contributed by atoms with Crippen LogP contribution in [0.2, 0.25) is 0 Å². The molecule has 0 bridgehead atoms. The molecule has 0 spiro atoms. The van der Waals surface area contributed by atoms with Crippen molar-refractivity contribution in [3.8, 4) is 33.8 Å². The maximum absolute atomic E-state index is 12.4. The van der Waals surface area contributed by atoms with Gasteiger partial charge in [-0.05, 0) is 48.4 Å². The Morgan fingerprint density at radius 3 is 2.48 bits per heavy atom. The SMILES string of the molecule is Cc1cccc(-c2[nH]c(C(C)C)nc2-c2cccc(-c3ccc4c(c3)C(=O)CCS4=O)c2)n1. The number of H-pyrrole nitrogens is 1. The number of aromatic amines is 1. The first-order valence-corrected chi connectivity index (χ1v) is 12.4. The van der Waals surface area contributed by atoms with Crippen LogP contribution in [0.4, 0.5) is 0 Å². The van der Waals surface area contributed by atoms with E-state index in [1.807, 2.05) is 61.5 Å². The quantitative estimate of drug-likeness (QED) is 0.414. The number of nitrogens with one attached hydrogen (secondary N) is 1. The molecule has 1 unspecified atom stereocenters. The van der Waals surface area contributed by atoms with Crippen LogP contribution in [0.3, 0.4) is 0 Å². The van der Waals surface area contributed by atoms with Crippen molar-refractivity contribution in [1.29, 1.82) is 0 Å². The molecule has 0 fully saturated rings. The molecule has 5 rings (SSSR count). The summed E-state index contributed by atoms with van der Waals surface area (Å²) in [5, 5.41) is 0. The van der Waals surface area contributed by atoms with E-state index in [-0.39, 0.29) is 11.7 Å². The van der Waals surface area contributed by atoms with Crippen molar-refractivity contribution in [2.75, 3.05) is 5.75 Å². The lowest BCUT2D eigenvalue weighted by molar-refractivity contribution is 0.0984. The van der Waals surface area contributed by atoms with Gasteiger partial charge < -0.3 is 4.98 Å². The first-order valence-electron chi connectivity index (χ1n) is 11.1. The van der Waals surface area contributed by atoms with Crippen LogP contribution >= 0.6 is 0 Å². The Balaban J connectivity index is 1.62. The van der Waals surface area contributed by atoms with Crippen molar-refractivity contribution >= 4 is 16.6 Å². The van der Waals surface area contributed by atoms with E-state index in [0.717, 1.165) is 45.3 Å². The molecule has 2 aromatic heterocycles. The summed E-state index contributed by atoms with van der Waals surface area (Å²) in [6.07, 6.45) is 0.335. The van der Waals surface area contributed by atoms with Crippen molar-refractivity contribution < 1.29 is 9.00 Å². The van der Waals surface area contributed by atoms with Crippen molar-refractivity contribution in [3.05, 3.63) is 77.7 Å². The first kappa shape index (κ1) is 21.5. The van der Waals surface area contributed by atoms with E-state index in [1.165, 1.54) is 0 Å². The van der Waals surface area contributed by atoms with Gasteiger partial charge in [-0.3, -0.25) is 14.0 Å². The van der Waals surface area contributed by atoms with Gasteiger partial charge >= 0.3 is 0 Å². The fraction of sp³-hybridized carbons (Fsp3) is 0.222. The molecule has 0 aliphatic carbocycles. The Hall–Kier alpha value is -3.38. The van der Waals surface area contributed by atoms with Gasteiger partial charge in [0, 0.05) is 39.8 Å². The summed E-state index contributed by atoms with van der Waals surface area (Å²) in [7, 11) is -1.10. The van der Waals surface area contributed by atoms with Crippen molar-refractivity contribution in [2.24, 2.45) is 0 Å². The number of ketones is 1. The van der Waals surface area contributed by atoms with E-state index in [4.69, 9.17) is 9.97 Å². The van der Waals surface area contributed by atoms with Crippen LogP contribution in [0.5, 0.6) is 0 Å². The molecule has 3 heterocycles. The number of nitrogens with zero attached hydrogens (tertiary/aromatic N) is 2. The van der Waals surface area contributed by atoms with Crippen molar-refractivity contribution in [2.45, 2.75) is 38.0 Å². The average Bonchev–Trinajstić information content (AvgIpc) is 3.28. The first-order chi connectivity index (χ1) is 15.9. The van der Waals surface area contributed by atoms with Gasteiger partial charge in [-0.25, -0.2) is 4.98 Å². The Labute approximate surface area is 195 Å². The van der Waals surface area contributed by atoms with Gasteiger partial charge in [0.15, 0.2) is 5.78 Å². The predicted molar refractivity (Wildman–Crippen MR) is 132 cm³/mol. The summed E-state index contributed by atoms with van der Waals surface area (Å²) < 4.78 is 12.3. The molecule has 33 heavy (non-hydrogen) atoms. The molecule has 5 nitrogen and oxygen atoms in total. The zero-order valence-electron chi connectivity index (χ0n) is 18.9. The Morgan fingerprint density at radius 2 is 1.70 bits per heavy atom. The molecule has 166 valence electrons. The highest BCUT2D eigenvalue weighted by molar-refractivity contribution is 7.85. The fourth-order valence-electron chi connectivity index (χ4n) is 4.14. The minimum Gasteiger partial charge on any atom is -0.340 e. The maximum Gasteiger partial charge on any atom is 0.165 e. The largest absolute Gasteiger partial charge is 0.340 e. The van der Waals surface area contributed by atoms with Crippen LogP contribution in [0.15, 0.2) is 65.6 Å². The molecule has 1 N–H and O–H groups in total. The zero-order valence-corrected chi connectivity index (χ0v) is 19.7. The monoisotopic (exact) mass is 455 g/mol. The highest BCUT2D eigenvalue weighted by atomic mass is 32.2. The Kier molecular flexibility index (Phi) is 5.54. The van der Waals surface area contributed by atoms with Gasteiger partial charge in [0.2, 0.25) is 0 Å². The lowest BCUT2D eigenvalue weighted by Crippen LogP contribution is -2.16. The molecule has 2 aromatic carbocycles. The number of imidazole rings is 1. The average molecular weight is 456 g/mol. The van der Waals surface area contributed by atoms with E-state index in [1.54, 1.807) is 0 Å². The molecule has 6 heteroatoms. The van der Waals surface area contributed by atoms with E-state index in [0.29, 0.717) is 22.6 Å². The van der Waals surface area contributed by atoms with Crippen LogP contribution < -0.4 is 0 Å². The second-order valence-electron chi connectivity index (χ2n) is 8.68. The number of carbonyl (C=O) groups excluding carboxylic acids is 1. The molecular weight excluding hydrogens is 430 g/mol. The molecule has 0 saturated heterocycles. The highest BCUT2D eigenvalue weighted by Crippen LogP contribution is 2.34. The number of rotatable bonds is 4. The molecule has 0 radical (unpaired) electrons. The van der Waals surface area contributed by atoms with Crippen LogP contribution in [-0.2, 0) is 10.8 Å². The number of pyridine rings is 1. The van der Waals surface area contributed by atoms with E-state index >= 15 is 0 Å². The third kappa shape index (κ3) is 4.07. The molecule has 1 atom stereocenters. The minimum absolute atomic E-state index is 0.0595. The number of benzene rings is 2.